The number of likely N-dealkylation sites (N-methyl/N-ethyl adjacent to an activating group) is 1. The maximum atomic E-state index is 12.7. The molecule has 0 N–H and O–H groups in total. The van der Waals surface area contributed by atoms with Crippen molar-refractivity contribution in [3.63, 3.8) is 0 Å². The van der Waals surface area contributed by atoms with Gasteiger partial charge in [0, 0.05) is 25.7 Å². The van der Waals surface area contributed by atoms with Gasteiger partial charge >= 0.3 is 6.18 Å². The van der Waals surface area contributed by atoms with Crippen LogP contribution < -0.4 is 0 Å². The molecule has 142 valence electrons. The van der Waals surface area contributed by atoms with Crippen LogP contribution in [0.3, 0.4) is 0 Å². The Labute approximate surface area is 156 Å². The first-order chi connectivity index (χ1) is 12.8. The van der Waals surface area contributed by atoms with Gasteiger partial charge in [0.2, 0.25) is 5.91 Å². The van der Waals surface area contributed by atoms with Crippen LogP contribution >= 0.6 is 0 Å². The van der Waals surface area contributed by atoms with Gasteiger partial charge in [-0.05, 0) is 36.4 Å². The maximum absolute atomic E-state index is 12.7. The number of carbonyl (C=O) groups excluding carboxylic acids is 1. The van der Waals surface area contributed by atoms with Crippen LogP contribution in [0.4, 0.5) is 13.2 Å². The number of alkyl halides is 3. The van der Waals surface area contributed by atoms with E-state index in [0.29, 0.717) is 12.1 Å². The van der Waals surface area contributed by atoms with E-state index in [1.165, 1.54) is 18.2 Å². The molecule has 1 unspecified atom stereocenters. The monoisotopic (exact) mass is 374 g/mol. The van der Waals surface area contributed by atoms with Gasteiger partial charge in [-0.25, -0.2) is 0 Å². The standard InChI is InChI=1S/C21H21F3N2O/c1-25-13-14-26(19(15-25)17-5-3-2-4-6-17)20(27)12-9-16-7-10-18(11-8-16)21(22,23)24/h2-12,19H,13-15H2,1H3/b12-9+. The summed E-state index contributed by atoms with van der Waals surface area (Å²) in [5.74, 6) is -0.142. The van der Waals surface area contributed by atoms with E-state index in [1.807, 2.05) is 42.3 Å². The van der Waals surface area contributed by atoms with Gasteiger partial charge in [0.25, 0.3) is 0 Å². The molecular formula is C21H21F3N2O. The lowest BCUT2D eigenvalue weighted by Crippen LogP contribution is -2.48. The molecule has 0 radical (unpaired) electrons. The summed E-state index contributed by atoms with van der Waals surface area (Å²) < 4.78 is 37.9. The zero-order valence-electron chi connectivity index (χ0n) is 15.0. The number of halogens is 3. The Morgan fingerprint density at radius 1 is 1.04 bits per heavy atom. The lowest BCUT2D eigenvalue weighted by molar-refractivity contribution is -0.137. The van der Waals surface area contributed by atoms with Crippen LogP contribution in [-0.4, -0.2) is 42.4 Å². The number of hydrogen-bond acceptors (Lipinski definition) is 2. The van der Waals surface area contributed by atoms with Gasteiger partial charge in [0.05, 0.1) is 11.6 Å². The van der Waals surface area contributed by atoms with Crippen LogP contribution in [0, 0.1) is 0 Å². The molecule has 3 nitrogen and oxygen atoms in total. The second-order valence-corrected chi connectivity index (χ2v) is 6.67. The van der Waals surface area contributed by atoms with Crippen molar-refractivity contribution in [1.82, 2.24) is 9.80 Å². The molecule has 1 aliphatic heterocycles. The van der Waals surface area contributed by atoms with Crippen LogP contribution in [0.5, 0.6) is 0 Å². The van der Waals surface area contributed by atoms with Gasteiger partial charge in [0.1, 0.15) is 0 Å². The van der Waals surface area contributed by atoms with E-state index in [9.17, 15) is 18.0 Å². The van der Waals surface area contributed by atoms with Gasteiger partial charge < -0.3 is 9.80 Å². The SMILES string of the molecule is CN1CCN(C(=O)/C=C/c2ccc(C(F)(F)F)cc2)C(c2ccccc2)C1. The molecule has 1 amide bonds. The van der Waals surface area contributed by atoms with Gasteiger partial charge in [-0.2, -0.15) is 13.2 Å². The lowest BCUT2D eigenvalue weighted by atomic mass is 10.0. The zero-order chi connectivity index (χ0) is 19.4. The van der Waals surface area contributed by atoms with E-state index in [4.69, 9.17) is 0 Å². The number of carbonyl (C=O) groups is 1. The summed E-state index contributed by atoms with van der Waals surface area (Å²) in [7, 11) is 2.02. The molecular weight excluding hydrogens is 353 g/mol. The Bertz CT molecular complexity index is 800. The third-order valence-electron chi connectivity index (χ3n) is 4.71. The van der Waals surface area contributed by atoms with Crippen LogP contribution in [0.1, 0.15) is 22.7 Å². The first kappa shape index (κ1) is 19.2. The number of benzene rings is 2. The van der Waals surface area contributed by atoms with E-state index in [2.05, 4.69) is 4.90 Å². The maximum Gasteiger partial charge on any atom is 0.416 e. The Morgan fingerprint density at radius 2 is 1.70 bits per heavy atom. The van der Waals surface area contributed by atoms with Gasteiger partial charge in [-0.15, -0.1) is 0 Å². The number of amides is 1. The highest BCUT2D eigenvalue weighted by atomic mass is 19.4. The minimum atomic E-state index is -4.36. The summed E-state index contributed by atoms with van der Waals surface area (Å²) in [4.78, 5) is 16.7. The normalized spacial score (nSPS) is 18.8. The first-order valence-electron chi connectivity index (χ1n) is 8.74. The van der Waals surface area contributed by atoms with Crippen LogP contribution in [0.15, 0.2) is 60.7 Å². The number of piperazine rings is 1. The highest BCUT2D eigenvalue weighted by Gasteiger charge is 2.30. The molecule has 0 aromatic heterocycles. The van der Waals surface area contributed by atoms with Gasteiger partial charge in [-0.1, -0.05) is 42.5 Å². The lowest BCUT2D eigenvalue weighted by Gasteiger charge is -2.40. The molecule has 1 heterocycles. The van der Waals surface area contributed by atoms with Crippen LogP contribution in [0.25, 0.3) is 6.08 Å². The number of rotatable bonds is 3. The summed E-state index contributed by atoms with van der Waals surface area (Å²) in [5, 5.41) is 0. The molecule has 1 saturated heterocycles. The van der Waals surface area contributed by atoms with Crippen molar-refractivity contribution in [3.05, 3.63) is 77.4 Å². The average Bonchev–Trinajstić information content (AvgIpc) is 2.66. The minimum Gasteiger partial charge on any atom is -0.330 e. The van der Waals surface area contributed by atoms with Crippen molar-refractivity contribution in [3.8, 4) is 0 Å². The molecule has 0 aliphatic carbocycles. The molecule has 0 bridgehead atoms. The number of hydrogen-bond donors (Lipinski definition) is 0. The third kappa shape index (κ3) is 4.77. The van der Waals surface area contributed by atoms with Crippen molar-refractivity contribution in [1.29, 1.82) is 0 Å². The van der Waals surface area contributed by atoms with Crippen molar-refractivity contribution >= 4 is 12.0 Å². The largest absolute Gasteiger partial charge is 0.416 e. The molecule has 3 rings (SSSR count). The van der Waals surface area contributed by atoms with Crippen LogP contribution in [0.2, 0.25) is 0 Å². The van der Waals surface area contributed by atoms with Gasteiger partial charge in [-0.3, -0.25) is 4.79 Å². The quantitative estimate of drug-likeness (QED) is 0.751. The average molecular weight is 374 g/mol. The summed E-state index contributed by atoms with van der Waals surface area (Å²) in [6.07, 6.45) is -1.37. The second-order valence-electron chi connectivity index (χ2n) is 6.67. The third-order valence-corrected chi connectivity index (χ3v) is 4.71. The topological polar surface area (TPSA) is 23.6 Å². The fraction of sp³-hybridized carbons (Fsp3) is 0.286. The minimum absolute atomic E-state index is 0.0466. The molecule has 6 heteroatoms. The van der Waals surface area contributed by atoms with E-state index >= 15 is 0 Å². The highest BCUT2D eigenvalue weighted by Crippen LogP contribution is 2.29. The van der Waals surface area contributed by atoms with E-state index < -0.39 is 11.7 Å². The Kier molecular flexibility index (Phi) is 5.65. The Balaban J connectivity index is 1.74. The van der Waals surface area contributed by atoms with Crippen molar-refractivity contribution < 1.29 is 18.0 Å². The molecule has 0 spiro atoms. The summed E-state index contributed by atoms with van der Waals surface area (Å²) in [5.41, 5.74) is 0.927. The molecule has 2 aromatic rings. The molecule has 1 atom stereocenters. The summed E-state index contributed by atoms with van der Waals surface area (Å²) in [6.45, 7) is 2.12. The first-order valence-corrected chi connectivity index (χ1v) is 8.74. The predicted molar refractivity (Wildman–Crippen MR) is 98.9 cm³/mol. The fourth-order valence-electron chi connectivity index (χ4n) is 3.19. The zero-order valence-corrected chi connectivity index (χ0v) is 15.0. The fourth-order valence-corrected chi connectivity index (χ4v) is 3.19. The van der Waals surface area contributed by atoms with E-state index in [0.717, 1.165) is 30.8 Å². The molecule has 27 heavy (non-hydrogen) atoms. The Hall–Kier alpha value is -2.60. The molecule has 1 aliphatic rings. The van der Waals surface area contributed by atoms with Crippen LogP contribution in [-0.2, 0) is 11.0 Å². The molecule has 0 saturated carbocycles. The predicted octanol–water partition coefficient (Wildman–Crippen LogP) is 4.23. The Morgan fingerprint density at radius 3 is 2.33 bits per heavy atom. The number of nitrogens with zero attached hydrogens (tertiary/aromatic N) is 2. The summed E-state index contributed by atoms with van der Waals surface area (Å²) in [6, 6.07) is 14.6. The molecule has 2 aromatic carbocycles. The van der Waals surface area contributed by atoms with E-state index in [1.54, 1.807) is 6.08 Å². The highest BCUT2D eigenvalue weighted by molar-refractivity contribution is 5.92. The molecule has 1 fully saturated rings. The van der Waals surface area contributed by atoms with Crippen molar-refractivity contribution in [2.75, 3.05) is 26.7 Å². The smallest absolute Gasteiger partial charge is 0.330 e. The van der Waals surface area contributed by atoms with Crippen molar-refractivity contribution in [2.45, 2.75) is 12.2 Å². The van der Waals surface area contributed by atoms with E-state index in [-0.39, 0.29) is 11.9 Å². The second kappa shape index (κ2) is 7.96. The summed E-state index contributed by atoms with van der Waals surface area (Å²) >= 11 is 0. The van der Waals surface area contributed by atoms with Crippen molar-refractivity contribution in [2.24, 2.45) is 0 Å². The van der Waals surface area contributed by atoms with Gasteiger partial charge in [0.15, 0.2) is 0 Å².